The Hall–Kier alpha value is -1.90. The molecule has 0 aromatic heterocycles. The van der Waals surface area contributed by atoms with Crippen molar-refractivity contribution in [2.75, 3.05) is 4.90 Å². The zero-order valence-electron chi connectivity index (χ0n) is 11.5. The Bertz CT molecular complexity index is 621. The van der Waals surface area contributed by atoms with Gasteiger partial charge < -0.3 is 0 Å². The number of hydrogen-bond acceptors (Lipinski definition) is 2. The number of carbonyl (C=O) groups excluding carboxylic acids is 2. The Morgan fingerprint density at radius 3 is 2.45 bits per heavy atom. The highest BCUT2D eigenvalue weighted by Crippen LogP contribution is 2.58. The summed E-state index contributed by atoms with van der Waals surface area (Å²) in [7, 11) is 0. The molecule has 3 nitrogen and oxygen atoms in total. The quantitative estimate of drug-likeness (QED) is 0.579. The molecule has 20 heavy (non-hydrogen) atoms. The third-order valence-corrected chi connectivity index (χ3v) is 5.41. The summed E-state index contributed by atoms with van der Waals surface area (Å²) >= 11 is 0. The fraction of sp³-hybridized carbons (Fsp3) is 0.412. The summed E-state index contributed by atoms with van der Waals surface area (Å²) in [4.78, 5) is 27.2. The van der Waals surface area contributed by atoms with Crippen LogP contribution >= 0.6 is 0 Å². The number of carbonyl (C=O) groups is 2. The number of amides is 2. The predicted octanol–water partition coefficient (Wildman–Crippen LogP) is 2.78. The molecule has 3 heteroatoms. The number of fused-ring (bicyclic) bond motifs is 1. The van der Waals surface area contributed by atoms with Crippen molar-refractivity contribution in [3.05, 3.63) is 42.5 Å². The number of imide groups is 1. The smallest absolute Gasteiger partial charge is 0.241 e. The van der Waals surface area contributed by atoms with Gasteiger partial charge in [0, 0.05) is 0 Å². The molecule has 0 unspecified atom stereocenters. The van der Waals surface area contributed by atoms with E-state index in [4.69, 9.17) is 0 Å². The molecule has 1 saturated heterocycles. The van der Waals surface area contributed by atoms with E-state index in [2.05, 4.69) is 12.2 Å². The van der Waals surface area contributed by atoms with Gasteiger partial charge in [-0.2, -0.15) is 0 Å². The van der Waals surface area contributed by atoms with Gasteiger partial charge in [-0.05, 0) is 43.7 Å². The molecule has 1 heterocycles. The molecule has 2 amide bonds. The van der Waals surface area contributed by atoms with Crippen molar-refractivity contribution < 1.29 is 9.59 Å². The van der Waals surface area contributed by atoms with E-state index in [0.717, 1.165) is 12.8 Å². The van der Waals surface area contributed by atoms with Crippen molar-refractivity contribution in [3.63, 3.8) is 0 Å². The third kappa shape index (κ3) is 1.25. The van der Waals surface area contributed by atoms with Gasteiger partial charge in [-0.15, -0.1) is 0 Å². The molecular weight excluding hydrogens is 250 g/mol. The highest BCUT2D eigenvalue weighted by atomic mass is 16.2. The van der Waals surface area contributed by atoms with Crippen LogP contribution in [0.25, 0.3) is 0 Å². The summed E-state index contributed by atoms with van der Waals surface area (Å²) in [5, 5.41) is 0. The van der Waals surface area contributed by atoms with Crippen molar-refractivity contribution in [1.29, 1.82) is 0 Å². The van der Waals surface area contributed by atoms with Crippen LogP contribution in [0, 0.1) is 23.2 Å². The Balaban J connectivity index is 1.84. The van der Waals surface area contributed by atoms with Gasteiger partial charge in [-0.1, -0.05) is 30.4 Å². The van der Waals surface area contributed by atoms with Crippen LogP contribution < -0.4 is 4.90 Å². The fourth-order valence-electron chi connectivity index (χ4n) is 4.33. The molecule has 2 bridgehead atoms. The van der Waals surface area contributed by atoms with Crippen molar-refractivity contribution in [1.82, 2.24) is 0 Å². The number of para-hydroxylation sites is 1. The Labute approximate surface area is 118 Å². The molecule has 1 aromatic rings. The molecule has 0 radical (unpaired) electrons. The lowest BCUT2D eigenvalue weighted by atomic mass is 9.55. The van der Waals surface area contributed by atoms with Crippen LogP contribution in [0.4, 0.5) is 5.69 Å². The van der Waals surface area contributed by atoms with E-state index in [1.165, 1.54) is 4.90 Å². The van der Waals surface area contributed by atoms with E-state index >= 15 is 0 Å². The molecule has 102 valence electrons. The second-order valence-electron chi connectivity index (χ2n) is 6.31. The minimum atomic E-state index is -0.537. The number of hydrogen-bond donors (Lipinski definition) is 0. The molecule has 4 atom stereocenters. The van der Waals surface area contributed by atoms with Gasteiger partial charge in [0.25, 0.3) is 0 Å². The van der Waals surface area contributed by atoms with Crippen LogP contribution in [0.5, 0.6) is 0 Å². The maximum atomic E-state index is 12.9. The number of allylic oxidation sites excluding steroid dienone is 2. The molecular formula is C17H17NO2. The fourth-order valence-corrected chi connectivity index (χ4v) is 4.33. The molecule has 1 aromatic carbocycles. The first kappa shape index (κ1) is 11.9. The molecule has 0 spiro atoms. The van der Waals surface area contributed by atoms with Gasteiger partial charge in [0.15, 0.2) is 0 Å². The second kappa shape index (κ2) is 3.81. The van der Waals surface area contributed by atoms with E-state index in [1.807, 2.05) is 37.3 Å². The van der Waals surface area contributed by atoms with E-state index in [1.54, 1.807) is 0 Å². The molecule has 2 fully saturated rings. The zero-order chi connectivity index (χ0) is 13.9. The van der Waals surface area contributed by atoms with Gasteiger partial charge in [0.2, 0.25) is 11.8 Å². The van der Waals surface area contributed by atoms with Crippen LogP contribution in [0.3, 0.4) is 0 Å². The zero-order valence-corrected chi connectivity index (χ0v) is 11.5. The molecule has 3 aliphatic carbocycles. The van der Waals surface area contributed by atoms with E-state index < -0.39 is 5.41 Å². The molecule has 0 N–H and O–H groups in total. The van der Waals surface area contributed by atoms with Gasteiger partial charge in [0.05, 0.1) is 17.0 Å². The van der Waals surface area contributed by atoms with Crippen LogP contribution in [0.2, 0.25) is 0 Å². The molecule has 4 aliphatic rings. The van der Waals surface area contributed by atoms with E-state index in [9.17, 15) is 9.59 Å². The number of nitrogens with zero attached hydrogens (tertiary/aromatic N) is 1. The van der Waals surface area contributed by atoms with E-state index in [-0.39, 0.29) is 29.6 Å². The first-order valence-corrected chi connectivity index (χ1v) is 7.26. The minimum absolute atomic E-state index is 0.0113. The van der Waals surface area contributed by atoms with Gasteiger partial charge in [0.1, 0.15) is 0 Å². The maximum Gasteiger partial charge on any atom is 0.241 e. The van der Waals surface area contributed by atoms with Gasteiger partial charge in [-0.25, -0.2) is 4.90 Å². The molecule has 5 rings (SSSR count). The Morgan fingerprint density at radius 1 is 1.10 bits per heavy atom. The van der Waals surface area contributed by atoms with Crippen molar-refractivity contribution >= 4 is 17.5 Å². The standard InChI is InChI=1S/C17H17NO2/c1-17-12-9-7-11(8-10-12)14(17)15(19)18(16(17)20)13-5-3-2-4-6-13/h2-7,9,11-12,14H,8,10H2,1H3/t11-,12+,14+,17+/m0/s1. The summed E-state index contributed by atoms with van der Waals surface area (Å²) in [6.07, 6.45) is 6.36. The van der Waals surface area contributed by atoms with Gasteiger partial charge >= 0.3 is 0 Å². The summed E-state index contributed by atoms with van der Waals surface area (Å²) in [6, 6.07) is 9.31. The largest absolute Gasteiger partial charge is 0.274 e. The lowest BCUT2D eigenvalue weighted by Gasteiger charge is -2.45. The summed E-state index contributed by atoms with van der Waals surface area (Å²) in [5.41, 5.74) is 0.169. The van der Waals surface area contributed by atoms with Crippen molar-refractivity contribution in [3.8, 4) is 0 Å². The molecule has 1 saturated carbocycles. The summed E-state index contributed by atoms with van der Waals surface area (Å²) < 4.78 is 0. The predicted molar refractivity (Wildman–Crippen MR) is 75.9 cm³/mol. The second-order valence-corrected chi connectivity index (χ2v) is 6.31. The van der Waals surface area contributed by atoms with Crippen LogP contribution in [0.15, 0.2) is 42.5 Å². The lowest BCUT2D eigenvalue weighted by Crippen LogP contribution is -2.47. The SMILES string of the molecule is C[C@]12C(=O)N(c3ccccc3)C(=O)[C@H]1[C@H]1C=C[C@@H]2CC1. The Kier molecular flexibility index (Phi) is 2.27. The maximum absolute atomic E-state index is 12.9. The monoisotopic (exact) mass is 267 g/mol. The summed E-state index contributed by atoms with van der Waals surface area (Å²) in [6.45, 7) is 1.99. The number of anilines is 1. The topological polar surface area (TPSA) is 37.4 Å². The van der Waals surface area contributed by atoms with E-state index in [0.29, 0.717) is 5.69 Å². The number of rotatable bonds is 1. The highest BCUT2D eigenvalue weighted by molar-refractivity contribution is 6.24. The van der Waals surface area contributed by atoms with Crippen LogP contribution in [0.1, 0.15) is 19.8 Å². The first-order chi connectivity index (χ1) is 9.64. The average Bonchev–Trinajstić information content (AvgIpc) is 2.70. The van der Waals surface area contributed by atoms with Crippen LogP contribution in [-0.4, -0.2) is 11.8 Å². The number of benzene rings is 1. The van der Waals surface area contributed by atoms with Crippen LogP contribution in [-0.2, 0) is 9.59 Å². The first-order valence-electron chi connectivity index (χ1n) is 7.26. The Morgan fingerprint density at radius 2 is 1.85 bits per heavy atom. The van der Waals surface area contributed by atoms with Crippen molar-refractivity contribution in [2.45, 2.75) is 19.8 Å². The minimum Gasteiger partial charge on any atom is -0.274 e. The third-order valence-electron chi connectivity index (χ3n) is 5.41. The summed E-state index contributed by atoms with van der Waals surface area (Å²) in [5.74, 6) is 0.247. The molecule has 1 aliphatic heterocycles. The lowest BCUT2D eigenvalue weighted by molar-refractivity contribution is -0.133. The van der Waals surface area contributed by atoms with Crippen molar-refractivity contribution in [2.24, 2.45) is 23.2 Å². The normalized spacial score (nSPS) is 38.5. The van der Waals surface area contributed by atoms with Gasteiger partial charge in [-0.3, -0.25) is 9.59 Å². The average molecular weight is 267 g/mol. The highest BCUT2D eigenvalue weighted by Gasteiger charge is 2.64.